The van der Waals surface area contributed by atoms with Crippen LogP contribution in [0.4, 0.5) is 5.69 Å². The predicted molar refractivity (Wildman–Crippen MR) is 90.5 cm³/mol. The van der Waals surface area contributed by atoms with Crippen molar-refractivity contribution in [3.8, 4) is 5.75 Å². The number of nitrogens with two attached hydrogens (primary N) is 1. The van der Waals surface area contributed by atoms with Crippen molar-refractivity contribution >= 4 is 39.3 Å². The highest BCUT2D eigenvalue weighted by molar-refractivity contribution is 9.10. The number of piperidine rings is 1. The molecule has 0 bridgehead atoms. The highest BCUT2D eigenvalue weighted by atomic mass is 79.9. The summed E-state index contributed by atoms with van der Waals surface area (Å²) in [5.74, 6) is -0.293. The second-order valence-corrected chi connectivity index (χ2v) is 6.85. The van der Waals surface area contributed by atoms with E-state index in [0.717, 1.165) is 4.47 Å². The van der Waals surface area contributed by atoms with Crippen molar-refractivity contribution in [3.05, 3.63) is 22.7 Å². The van der Waals surface area contributed by atoms with E-state index in [1.54, 1.807) is 23.1 Å². The van der Waals surface area contributed by atoms with Crippen molar-refractivity contribution in [3.63, 3.8) is 0 Å². The Kier molecular flexibility index (Phi) is 4.75. The number of rotatable bonds is 3. The number of amides is 3. The third-order valence-corrected chi connectivity index (χ3v) is 4.90. The van der Waals surface area contributed by atoms with Crippen LogP contribution < -0.4 is 15.4 Å². The smallest absolute Gasteiger partial charge is 0.265 e. The van der Waals surface area contributed by atoms with Crippen molar-refractivity contribution in [2.24, 2.45) is 11.7 Å². The highest BCUT2D eigenvalue weighted by Gasteiger charge is 2.31. The molecule has 3 amide bonds. The lowest BCUT2D eigenvalue weighted by atomic mass is 9.96. The molecule has 0 atom stereocenters. The third kappa shape index (κ3) is 3.38. The Morgan fingerprint density at radius 2 is 2.00 bits per heavy atom. The van der Waals surface area contributed by atoms with E-state index in [2.05, 4.69) is 15.9 Å². The molecule has 2 aliphatic rings. The van der Waals surface area contributed by atoms with E-state index in [4.69, 9.17) is 10.5 Å². The van der Waals surface area contributed by atoms with Crippen molar-refractivity contribution in [2.75, 3.05) is 31.1 Å². The zero-order chi connectivity index (χ0) is 17.3. The van der Waals surface area contributed by atoms with Crippen LogP contribution in [0.3, 0.4) is 0 Å². The van der Waals surface area contributed by atoms with Crippen molar-refractivity contribution in [1.82, 2.24) is 4.90 Å². The zero-order valence-electron chi connectivity index (χ0n) is 13.0. The Hall–Kier alpha value is -2.09. The van der Waals surface area contributed by atoms with Crippen molar-refractivity contribution in [1.29, 1.82) is 0 Å². The van der Waals surface area contributed by atoms with Gasteiger partial charge in [-0.05, 0) is 31.0 Å². The summed E-state index contributed by atoms with van der Waals surface area (Å²) in [6.45, 7) is 0.856. The summed E-state index contributed by atoms with van der Waals surface area (Å²) < 4.78 is 6.26. The predicted octanol–water partition coefficient (Wildman–Crippen LogP) is 0.898. The van der Waals surface area contributed by atoms with Gasteiger partial charge in [0.15, 0.2) is 6.61 Å². The van der Waals surface area contributed by atoms with E-state index in [1.165, 1.54) is 4.90 Å². The van der Waals surface area contributed by atoms with E-state index >= 15 is 0 Å². The fourth-order valence-electron chi connectivity index (χ4n) is 3.00. The largest absolute Gasteiger partial charge is 0.482 e. The quantitative estimate of drug-likeness (QED) is 0.822. The number of benzene rings is 1. The Morgan fingerprint density at radius 3 is 2.67 bits per heavy atom. The molecule has 1 saturated heterocycles. The molecule has 3 rings (SSSR count). The molecule has 0 saturated carbocycles. The number of ether oxygens (including phenoxy) is 1. The number of likely N-dealkylation sites (tertiary alicyclic amines) is 1. The average Bonchev–Trinajstić information content (AvgIpc) is 2.57. The first-order chi connectivity index (χ1) is 11.5. The molecule has 0 spiro atoms. The van der Waals surface area contributed by atoms with Gasteiger partial charge in [0, 0.05) is 23.5 Å². The SMILES string of the molecule is NC(=O)C1CCN(C(=O)CN2C(=O)COc3cc(Br)ccc32)CC1. The summed E-state index contributed by atoms with van der Waals surface area (Å²) in [5, 5.41) is 0. The third-order valence-electron chi connectivity index (χ3n) is 4.41. The van der Waals surface area contributed by atoms with Gasteiger partial charge >= 0.3 is 0 Å². The van der Waals surface area contributed by atoms with Crippen LogP contribution in [0, 0.1) is 5.92 Å². The minimum atomic E-state index is -0.315. The molecule has 2 heterocycles. The minimum absolute atomic E-state index is 0.0297. The summed E-state index contributed by atoms with van der Waals surface area (Å²) >= 11 is 3.36. The van der Waals surface area contributed by atoms with Crippen LogP contribution in [-0.4, -0.2) is 48.9 Å². The van der Waals surface area contributed by atoms with Crippen LogP contribution in [0.25, 0.3) is 0 Å². The molecule has 8 heteroatoms. The molecule has 7 nitrogen and oxygen atoms in total. The molecule has 0 unspecified atom stereocenters. The standard InChI is InChI=1S/C16H18BrN3O4/c17-11-1-2-12-13(7-11)24-9-15(22)20(12)8-14(21)19-5-3-10(4-6-19)16(18)23/h1-2,7,10H,3-6,8-9H2,(H2,18,23). The summed E-state index contributed by atoms with van der Waals surface area (Å²) in [6, 6.07) is 5.33. The number of halogens is 1. The first kappa shape index (κ1) is 16.8. The van der Waals surface area contributed by atoms with E-state index in [-0.39, 0.29) is 36.8 Å². The number of fused-ring (bicyclic) bond motifs is 1. The van der Waals surface area contributed by atoms with Crippen LogP contribution >= 0.6 is 15.9 Å². The molecular weight excluding hydrogens is 378 g/mol. The zero-order valence-corrected chi connectivity index (χ0v) is 14.6. The lowest BCUT2D eigenvalue weighted by Crippen LogP contribution is -2.49. The summed E-state index contributed by atoms with van der Waals surface area (Å²) in [5.41, 5.74) is 5.90. The van der Waals surface area contributed by atoms with Crippen molar-refractivity contribution in [2.45, 2.75) is 12.8 Å². The Balaban J connectivity index is 1.69. The van der Waals surface area contributed by atoms with E-state index in [1.807, 2.05) is 0 Å². The second kappa shape index (κ2) is 6.80. The first-order valence-corrected chi connectivity index (χ1v) is 8.55. The molecule has 0 aliphatic carbocycles. The van der Waals surface area contributed by atoms with Gasteiger partial charge < -0.3 is 15.4 Å². The maximum Gasteiger partial charge on any atom is 0.265 e. The fraction of sp³-hybridized carbons (Fsp3) is 0.438. The van der Waals surface area contributed by atoms with Gasteiger partial charge in [0.25, 0.3) is 5.91 Å². The Morgan fingerprint density at radius 1 is 1.29 bits per heavy atom. The first-order valence-electron chi connectivity index (χ1n) is 7.75. The highest BCUT2D eigenvalue weighted by Crippen LogP contribution is 2.34. The normalized spacial score (nSPS) is 18.1. The van der Waals surface area contributed by atoms with E-state index in [9.17, 15) is 14.4 Å². The van der Waals surface area contributed by atoms with Crippen LogP contribution in [0.15, 0.2) is 22.7 Å². The van der Waals surface area contributed by atoms with Crippen LogP contribution in [0.1, 0.15) is 12.8 Å². The van der Waals surface area contributed by atoms with Gasteiger partial charge in [-0.25, -0.2) is 0 Å². The van der Waals surface area contributed by atoms with Crippen LogP contribution in [-0.2, 0) is 14.4 Å². The molecule has 128 valence electrons. The number of primary amides is 1. The summed E-state index contributed by atoms with van der Waals surface area (Å²) in [7, 11) is 0. The van der Waals surface area contributed by atoms with Crippen LogP contribution in [0.2, 0.25) is 0 Å². The van der Waals surface area contributed by atoms with Gasteiger partial charge in [-0.2, -0.15) is 0 Å². The summed E-state index contributed by atoms with van der Waals surface area (Å²) in [4.78, 5) is 39.0. The number of hydrogen-bond acceptors (Lipinski definition) is 4. The molecule has 2 N–H and O–H groups in total. The average molecular weight is 396 g/mol. The molecule has 1 fully saturated rings. The lowest BCUT2D eigenvalue weighted by molar-refractivity contribution is -0.134. The molecular formula is C16H18BrN3O4. The molecule has 0 radical (unpaired) electrons. The molecule has 2 aliphatic heterocycles. The second-order valence-electron chi connectivity index (χ2n) is 5.94. The van der Waals surface area contributed by atoms with Gasteiger partial charge in [0.05, 0.1) is 5.69 Å². The Labute approximate surface area is 147 Å². The number of anilines is 1. The molecule has 1 aromatic carbocycles. The topological polar surface area (TPSA) is 92.9 Å². The summed E-state index contributed by atoms with van der Waals surface area (Å²) in [6.07, 6.45) is 1.14. The Bertz CT molecular complexity index is 686. The lowest BCUT2D eigenvalue weighted by Gasteiger charge is -2.34. The van der Waals surface area contributed by atoms with Gasteiger partial charge in [-0.3, -0.25) is 19.3 Å². The van der Waals surface area contributed by atoms with Gasteiger partial charge in [0.2, 0.25) is 11.8 Å². The van der Waals surface area contributed by atoms with E-state index < -0.39 is 0 Å². The number of nitrogens with zero attached hydrogens (tertiary/aromatic N) is 2. The van der Waals surface area contributed by atoms with Gasteiger partial charge in [-0.1, -0.05) is 15.9 Å². The minimum Gasteiger partial charge on any atom is -0.482 e. The number of hydrogen-bond donors (Lipinski definition) is 1. The monoisotopic (exact) mass is 395 g/mol. The molecule has 24 heavy (non-hydrogen) atoms. The van der Waals surface area contributed by atoms with Gasteiger partial charge in [0.1, 0.15) is 12.3 Å². The fourth-order valence-corrected chi connectivity index (χ4v) is 3.34. The number of carbonyl (C=O) groups excluding carboxylic acids is 3. The maximum atomic E-state index is 12.5. The van der Waals surface area contributed by atoms with Crippen molar-refractivity contribution < 1.29 is 19.1 Å². The van der Waals surface area contributed by atoms with Gasteiger partial charge in [-0.15, -0.1) is 0 Å². The molecule has 1 aromatic rings. The van der Waals surface area contributed by atoms with E-state index in [0.29, 0.717) is 37.4 Å². The number of carbonyl (C=O) groups is 3. The molecule has 0 aromatic heterocycles. The van der Waals surface area contributed by atoms with Crippen LogP contribution in [0.5, 0.6) is 5.75 Å². The maximum absolute atomic E-state index is 12.5.